The van der Waals surface area contributed by atoms with Gasteiger partial charge in [-0.2, -0.15) is 4.72 Å². The van der Waals surface area contributed by atoms with E-state index in [1.54, 1.807) is 0 Å². The zero-order valence-electron chi connectivity index (χ0n) is 18.7. The molecule has 3 aliphatic rings. The van der Waals surface area contributed by atoms with Crippen molar-refractivity contribution in [1.82, 2.24) is 10.0 Å². The van der Waals surface area contributed by atoms with Gasteiger partial charge in [0, 0.05) is 6.04 Å². The van der Waals surface area contributed by atoms with Crippen molar-refractivity contribution in [3.05, 3.63) is 29.0 Å². The molecule has 0 heterocycles. The fourth-order valence-electron chi connectivity index (χ4n) is 6.44. The van der Waals surface area contributed by atoms with Crippen LogP contribution in [0.2, 0.25) is 5.02 Å². The lowest BCUT2D eigenvalue weighted by molar-refractivity contribution is -0.137. The first-order valence-corrected chi connectivity index (χ1v) is 13.4. The Morgan fingerprint density at radius 2 is 1.85 bits per heavy atom. The summed E-state index contributed by atoms with van der Waals surface area (Å²) in [6, 6.07) is 3.49. The van der Waals surface area contributed by atoms with Gasteiger partial charge in [0.15, 0.2) is 5.82 Å². The van der Waals surface area contributed by atoms with Crippen LogP contribution >= 0.6 is 11.6 Å². The fourth-order valence-corrected chi connectivity index (χ4v) is 8.19. The minimum atomic E-state index is -4.33. The molecular formula is C23H31ClFN3O4S. The number of sulfonamides is 1. The highest BCUT2D eigenvalue weighted by atomic mass is 35.5. The van der Waals surface area contributed by atoms with Crippen LogP contribution < -0.4 is 15.8 Å². The molecule has 7 nitrogen and oxygen atoms in total. The van der Waals surface area contributed by atoms with E-state index in [4.69, 9.17) is 17.3 Å². The van der Waals surface area contributed by atoms with Crippen molar-refractivity contribution in [1.29, 1.82) is 0 Å². The van der Waals surface area contributed by atoms with Gasteiger partial charge in [0.25, 0.3) is 0 Å². The number of halogens is 2. The molecule has 10 heteroatoms. The lowest BCUT2D eigenvalue weighted by atomic mass is 9.57. The second-order valence-electron chi connectivity index (χ2n) is 10.3. The Labute approximate surface area is 199 Å². The summed E-state index contributed by atoms with van der Waals surface area (Å²) in [4.78, 5) is 25.3. The summed E-state index contributed by atoms with van der Waals surface area (Å²) < 4.78 is 43.1. The van der Waals surface area contributed by atoms with Crippen LogP contribution in [0.15, 0.2) is 23.1 Å². The van der Waals surface area contributed by atoms with Crippen LogP contribution in [-0.4, -0.2) is 31.8 Å². The molecule has 182 valence electrons. The molecule has 1 aromatic rings. The second-order valence-corrected chi connectivity index (χ2v) is 12.4. The van der Waals surface area contributed by atoms with Crippen LogP contribution in [0.3, 0.4) is 0 Å². The highest BCUT2D eigenvalue weighted by Crippen LogP contribution is 2.51. The summed E-state index contributed by atoms with van der Waals surface area (Å²) in [6.45, 7) is 2.13. The van der Waals surface area contributed by atoms with Gasteiger partial charge < -0.3 is 11.1 Å². The Morgan fingerprint density at radius 1 is 1.15 bits per heavy atom. The second kappa shape index (κ2) is 8.82. The number of benzene rings is 1. The summed E-state index contributed by atoms with van der Waals surface area (Å²) in [6.07, 6.45) is 5.59. The summed E-state index contributed by atoms with van der Waals surface area (Å²) in [7, 11) is -4.33. The summed E-state index contributed by atoms with van der Waals surface area (Å²) in [5.74, 6) is -1.11. The maximum atomic E-state index is 14.5. The van der Waals surface area contributed by atoms with Crippen LogP contribution in [0.4, 0.5) is 4.39 Å². The molecule has 4 N–H and O–H groups in total. The molecule has 2 amide bonds. The zero-order chi connectivity index (χ0) is 24.0. The largest absolute Gasteiger partial charge is 0.369 e. The molecule has 0 aliphatic heterocycles. The summed E-state index contributed by atoms with van der Waals surface area (Å²) >= 11 is 5.77. The summed E-state index contributed by atoms with van der Waals surface area (Å²) in [5, 5.41) is 2.73. The lowest BCUT2D eigenvalue weighted by Gasteiger charge is -2.49. The maximum Gasteiger partial charge on any atom is 0.244 e. The number of fused-ring (bicyclic) bond motifs is 2. The predicted octanol–water partition coefficient (Wildman–Crippen LogP) is 3.26. The van der Waals surface area contributed by atoms with Crippen LogP contribution in [0.25, 0.3) is 0 Å². The number of carbonyl (C=O) groups excluding carboxylic acids is 2. The monoisotopic (exact) mass is 499 g/mol. The van der Waals surface area contributed by atoms with E-state index in [-0.39, 0.29) is 22.9 Å². The van der Waals surface area contributed by atoms with Crippen molar-refractivity contribution in [2.45, 2.75) is 81.2 Å². The number of hydrogen-bond donors (Lipinski definition) is 3. The van der Waals surface area contributed by atoms with E-state index in [2.05, 4.69) is 17.0 Å². The number of primary amides is 1. The van der Waals surface area contributed by atoms with E-state index >= 15 is 0 Å². The first-order chi connectivity index (χ1) is 15.5. The van der Waals surface area contributed by atoms with E-state index in [0.29, 0.717) is 44.4 Å². The van der Waals surface area contributed by atoms with Gasteiger partial charge in [-0.3, -0.25) is 9.59 Å². The number of amides is 2. The van der Waals surface area contributed by atoms with Crippen molar-refractivity contribution in [3.8, 4) is 0 Å². The average Bonchev–Trinajstić information content (AvgIpc) is 3.18. The molecule has 4 rings (SSSR count). The van der Waals surface area contributed by atoms with Crippen molar-refractivity contribution in [2.24, 2.45) is 23.0 Å². The fraction of sp³-hybridized carbons (Fsp3) is 0.652. The predicted molar refractivity (Wildman–Crippen MR) is 122 cm³/mol. The van der Waals surface area contributed by atoms with Crippen molar-refractivity contribution < 1.29 is 22.4 Å². The van der Waals surface area contributed by atoms with Crippen LogP contribution in [0, 0.1) is 23.1 Å². The van der Waals surface area contributed by atoms with Gasteiger partial charge in [-0.25, -0.2) is 12.8 Å². The molecule has 4 atom stereocenters. The molecular weight excluding hydrogens is 469 g/mol. The van der Waals surface area contributed by atoms with Crippen LogP contribution in [-0.2, 0) is 19.6 Å². The molecule has 0 spiro atoms. The number of rotatable bonds is 6. The zero-order valence-corrected chi connectivity index (χ0v) is 20.3. The van der Waals surface area contributed by atoms with Crippen molar-refractivity contribution in [2.75, 3.05) is 0 Å². The van der Waals surface area contributed by atoms with E-state index in [0.717, 1.165) is 25.3 Å². The normalized spacial score (nSPS) is 31.2. The number of nitrogens with one attached hydrogen (secondary N) is 2. The van der Waals surface area contributed by atoms with E-state index < -0.39 is 37.6 Å². The molecule has 4 unspecified atom stereocenters. The Bertz CT molecular complexity index is 1060. The smallest absolute Gasteiger partial charge is 0.244 e. The third-order valence-corrected chi connectivity index (χ3v) is 9.54. The minimum Gasteiger partial charge on any atom is -0.369 e. The standard InChI is InChI=1S/C23H31ClFN3O4S/c1-14-9-15-10-16(13-22(11-14,12-15)20(26)29)27-21(30)23(7-2-3-8-23)28-33(31,32)18-6-4-5-17(24)19(18)25/h4-6,14-16,28H,2-3,7-13H2,1H3,(H2,26,29)(H,27,30). The van der Waals surface area contributed by atoms with Gasteiger partial charge in [0.2, 0.25) is 21.8 Å². The van der Waals surface area contributed by atoms with Crippen molar-refractivity contribution >= 4 is 33.4 Å². The van der Waals surface area contributed by atoms with E-state index in [1.165, 1.54) is 12.1 Å². The van der Waals surface area contributed by atoms with Gasteiger partial charge in [-0.15, -0.1) is 0 Å². The number of hydrogen-bond acceptors (Lipinski definition) is 4. The first kappa shape index (κ1) is 24.4. The van der Waals surface area contributed by atoms with Gasteiger partial charge in [-0.1, -0.05) is 37.4 Å². The molecule has 0 saturated heterocycles. The van der Waals surface area contributed by atoms with E-state index in [1.807, 2.05) is 0 Å². The number of nitrogens with two attached hydrogens (primary N) is 1. The molecule has 3 fully saturated rings. The Balaban J connectivity index is 1.55. The van der Waals surface area contributed by atoms with Gasteiger partial charge >= 0.3 is 0 Å². The third kappa shape index (κ3) is 4.64. The van der Waals surface area contributed by atoms with Gasteiger partial charge in [-0.05, 0) is 68.9 Å². The van der Waals surface area contributed by atoms with Crippen LogP contribution in [0.5, 0.6) is 0 Å². The molecule has 3 aliphatic carbocycles. The topological polar surface area (TPSA) is 118 Å². The Morgan fingerprint density at radius 3 is 2.52 bits per heavy atom. The first-order valence-electron chi connectivity index (χ1n) is 11.6. The lowest BCUT2D eigenvalue weighted by Crippen LogP contribution is -2.61. The SMILES string of the molecule is CC1CC2CC(NC(=O)C3(NS(=O)(=O)c4cccc(Cl)c4F)CCCC3)CC(C(N)=O)(C1)C2. The molecule has 2 bridgehead atoms. The Hall–Kier alpha value is -1.71. The average molecular weight is 500 g/mol. The summed E-state index contributed by atoms with van der Waals surface area (Å²) in [5.41, 5.74) is 3.79. The maximum absolute atomic E-state index is 14.5. The molecule has 0 aromatic heterocycles. The van der Waals surface area contributed by atoms with Crippen molar-refractivity contribution in [3.63, 3.8) is 0 Å². The van der Waals surface area contributed by atoms with Gasteiger partial charge in [0.05, 0.1) is 10.4 Å². The van der Waals surface area contributed by atoms with E-state index in [9.17, 15) is 22.4 Å². The highest BCUT2D eigenvalue weighted by molar-refractivity contribution is 7.89. The molecule has 33 heavy (non-hydrogen) atoms. The molecule has 1 aromatic carbocycles. The Kier molecular flexibility index (Phi) is 6.52. The molecule has 3 saturated carbocycles. The third-order valence-electron chi connectivity index (χ3n) is 7.69. The van der Waals surface area contributed by atoms with Gasteiger partial charge in [0.1, 0.15) is 10.4 Å². The minimum absolute atomic E-state index is 0.263. The highest BCUT2D eigenvalue weighted by Gasteiger charge is 2.51. The quantitative estimate of drug-likeness (QED) is 0.556. The molecule has 0 radical (unpaired) electrons. The number of carbonyl (C=O) groups is 2. The van der Waals surface area contributed by atoms with Crippen LogP contribution in [0.1, 0.15) is 64.7 Å².